The van der Waals surface area contributed by atoms with Crippen LogP contribution in [0.5, 0.6) is 0 Å². The minimum atomic E-state index is -3.21. The van der Waals surface area contributed by atoms with Crippen LogP contribution in [0, 0.1) is 0 Å². The van der Waals surface area contributed by atoms with Crippen LogP contribution in [0.2, 0.25) is 0 Å². The van der Waals surface area contributed by atoms with Crippen LogP contribution in [-0.4, -0.2) is 32.0 Å². The monoisotopic (exact) mass is 284 g/mol. The molecule has 0 saturated carbocycles. The third kappa shape index (κ3) is 4.90. The Bertz CT molecular complexity index is 524. The molecule has 0 saturated heterocycles. The van der Waals surface area contributed by atoms with Crippen molar-refractivity contribution >= 4 is 15.9 Å². The molecule has 0 bridgehead atoms. The Kier molecular flexibility index (Phi) is 4.94. The molecule has 6 heteroatoms. The fraction of sp³-hybridized carbons (Fsp3) is 0.462. The zero-order chi connectivity index (χ0) is 14.5. The van der Waals surface area contributed by atoms with Gasteiger partial charge in [-0.3, -0.25) is 0 Å². The first-order valence-corrected chi connectivity index (χ1v) is 7.87. The van der Waals surface area contributed by atoms with E-state index < -0.39 is 14.6 Å². The lowest BCUT2D eigenvalue weighted by atomic mass is 10.2. The van der Waals surface area contributed by atoms with E-state index in [0.29, 0.717) is 6.54 Å². The molecule has 0 aliphatic rings. The molecule has 2 N–H and O–H groups in total. The summed E-state index contributed by atoms with van der Waals surface area (Å²) in [6, 6.07) is 9.11. The average molecular weight is 284 g/mol. The fourth-order valence-corrected chi connectivity index (χ4v) is 1.60. The van der Waals surface area contributed by atoms with Crippen LogP contribution >= 0.6 is 0 Å². The molecule has 1 aromatic rings. The van der Waals surface area contributed by atoms with E-state index in [0.717, 1.165) is 11.8 Å². The number of carbonyl (C=O) groups excluding carboxylic acids is 1. The maximum Gasteiger partial charge on any atom is 0.315 e. The highest BCUT2D eigenvalue weighted by Crippen LogP contribution is 2.13. The van der Waals surface area contributed by atoms with Gasteiger partial charge < -0.3 is 10.6 Å². The van der Waals surface area contributed by atoms with E-state index in [9.17, 15) is 13.2 Å². The van der Waals surface area contributed by atoms with E-state index in [4.69, 9.17) is 0 Å². The molecule has 106 valence electrons. The Balaban J connectivity index is 2.41. The lowest BCUT2D eigenvalue weighted by Gasteiger charge is -2.22. The number of amides is 2. The molecule has 1 aromatic carbocycles. The number of hydrogen-bond acceptors (Lipinski definition) is 3. The predicted molar refractivity (Wildman–Crippen MR) is 75.6 cm³/mol. The van der Waals surface area contributed by atoms with Gasteiger partial charge in [0.1, 0.15) is 0 Å². The van der Waals surface area contributed by atoms with E-state index in [1.165, 1.54) is 0 Å². The molecule has 0 heterocycles. The third-order valence-electron chi connectivity index (χ3n) is 2.97. The van der Waals surface area contributed by atoms with Gasteiger partial charge in [-0.1, -0.05) is 30.3 Å². The van der Waals surface area contributed by atoms with Crippen molar-refractivity contribution in [2.24, 2.45) is 0 Å². The number of hydrogen-bond donors (Lipinski definition) is 2. The zero-order valence-corrected chi connectivity index (χ0v) is 12.3. The molecule has 1 rings (SSSR count). The van der Waals surface area contributed by atoms with E-state index >= 15 is 0 Å². The van der Waals surface area contributed by atoms with Gasteiger partial charge in [0.05, 0.1) is 4.75 Å². The molecular formula is C13H20N2O3S. The maximum atomic E-state index is 11.6. The van der Waals surface area contributed by atoms with Gasteiger partial charge >= 0.3 is 6.03 Å². The summed E-state index contributed by atoms with van der Waals surface area (Å²) in [4.78, 5) is 11.6. The van der Waals surface area contributed by atoms with Crippen LogP contribution < -0.4 is 10.6 Å². The Labute approximate surface area is 114 Å². The first kappa shape index (κ1) is 15.5. The van der Waals surface area contributed by atoms with E-state index in [1.54, 1.807) is 13.8 Å². The Morgan fingerprint density at radius 1 is 1.16 bits per heavy atom. The molecule has 0 aromatic heterocycles. The lowest BCUT2D eigenvalue weighted by molar-refractivity contribution is 0.239. The molecule has 0 atom stereocenters. The van der Waals surface area contributed by atoms with Gasteiger partial charge in [0.15, 0.2) is 9.84 Å². The molecular weight excluding hydrogens is 264 g/mol. The zero-order valence-electron chi connectivity index (χ0n) is 11.4. The van der Waals surface area contributed by atoms with Crippen molar-refractivity contribution in [3.63, 3.8) is 0 Å². The second-order valence-electron chi connectivity index (χ2n) is 5.05. The Morgan fingerprint density at radius 2 is 1.74 bits per heavy atom. The van der Waals surface area contributed by atoms with Gasteiger partial charge in [-0.2, -0.15) is 0 Å². The molecule has 0 radical (unpaired) electrons. The van der Waals surface area contributed by atoms with E-state index in [-0.39, 0.29) is 12.6 Å². The summed E-state index contributed by atoms with van der Waals surface area (Å²) in [5.74, 6) is 0. The summed E-state index contributed by atoms with van der Waals surface area (Å²) in [5, 5.41) is 5.25. The first-order chi connectivity index (χ1) is 8.72. The topological polar surface area (TPSA) is 75.3 Å². The van der Waals surface area contributed by atoms with Gasteiger partial charge in [-0.05, 0) is 19.4 Å². The molecule has 0 fully saturated rings. The summed E-state index contributed by atoms with van der Waals surface area (Å²) in [6.07, 6.45) is 1.16. The molecule has 2 amide bonds. The van der Waals surface area contributed by atoms with E-state index in [2.05, 4.69) is 10.6 Å². The largest absolute Gasteiger partial charge is 0.337 e. The second-order valence-corrected chi connectivity index (χ2v) is 7.70. The van der Waals surface area contributed by atoms with Crippen molar-refractivity contribution in [3.05, 3.63) is 35.9 Å². The summed E-state index contributed by atoms with van der Waals surface area (Å²) in [7, 11) is -3.21. The first-order valence-electron chi connectivity index (χ1n) is 5.97. The minimum Gasteiger partial charge on any atom is -0.337 e. The van der Waals surface area contributed by atoms with Crippen molar-refractivity contribution in [1.82, 2.24) is 10.6 Å². The second kappa shape index (κ2) is 6.06. The molecule has 0 aliphatic heterocycles. The van der Waals surface area contributed by atoms with Crippen LogP contribution in [0.25, 0.3) is 0 Å². The smallest absolute Gasteiger partial charge is 0.315 e. The minimum absolute atomic E-state index is 0.0758. The quantitative estimate of drug-likeness (QED) is 0.856. The van der Waals surface area contributed by atoms with Gasteiger partial charge in [0, 0.05) is 19.3 Å². The highest BCUT2D eigenvalue weighted by atomic mass is 32.2. The van der Waals surface area contributed by atoms with Crippen molar-refractivity contribution in [2.75, 3.05) is 12.8 Å². The standard InChI is InChI=1S/C13H20N2O3S/c1-13(2,19(3,17)18)10-15-12(16)14-9-11-7-5-4-6-8-11/h4-8H,9-10H2,1-3H3,(H2,14,15,16). The molecule has 5 nitrogen and oxygen atoms in total. The summed E-state index contributed by atoms with van der Waals surface area (Å²) >= 11 is 0. The van der Waals surface area contributed by atoms with Gasteiger partial charge in [0.25, 0.3) is 0 Å². The number of carbonyl (C=O) groups is 1. The fourth-order valence-electron chi connectivity index (χ4n) is 1.26. The highest BCUT2D eigenvalue weighted by molar-refractivity contribution is 7.92. The van der Waals surface area contributed by atoms with Crippen LogP contribution in [-0.2, 0) is 16.4 Å². The van der Waals surface area contributed by atoms with Crippen molar-refractivity contribution in [3.8, 4) is 0 Å². The van der Waals surface area contributed by atoms with Crippen molar-refractivity contribution in [2.45, 2.75) is 25.1 Å². The van der Waals surface area contributed by atoms with Crippen LogP contribution in [0.1, 0.15) is 19.4 Å². The Morgan fingerprint density at radius 3 is 2.26 bits per heavy atom. The molecule has 0 spiro atoms. The number of benzene rings is 1. The summed E-state index contributed by atoms with van der Waals surface area (Å²) in [5.41, 5.74) is 0.986. The van der Waals surface area contributed by atoms with Crippen molar-refractivity contribution in [1.29, 1.82) is 0 Å². The molecule has 0 aliphatic carbocycles. The number of urea groups is 1. The summed E-state index contributed by atoms with van der Waals surface area (Å²) in [6.45, 7) is 3.65. The normalized spacial score (nSPS) is 11.9. The van der Waals surface area contributed by atoms with Gasteiger partial charge in [-0.15, -0.1) is 0 Å². The number of sulfone groups is 1. The third-order valence-corrected chi connectivity index (χ3v) is 5.13. The maximum absolute atomic E-state index is 11.6. The molecule has 19 heavy (non-hydrogen) atoms. The Hall–Kier alpha value is -1.56. The number of rotatable bonds is 5. The van der Waals surface area contributed by atoms with Gasteiger partial charge in [-0.25, -0.2) is 13.2 Å². The molecule has 0 unspecified atom stereocenters. The predicted octanol–water partition coefficient (Wildman–Crippen LogP) is 1.31. The van der Waals surface area contributed by atoms with Crippen molar-refractivity contribution < 1.29 is 13.2 Å². The van der Waals surface area contributed by atoms with E-state index in [1.807, 2.05) is 30.3 Å². The average Bonchev–Trinajstić information content (AvgIpc) is 2.34. The van der Waals surface area contributed by atoms with Gasteiger partial charge in [0.2, 0.25) is 0 Å². The lowest BCUT2D eigenvalue weighted by Crippen LogP contribution is -2.46. The van der Waals surface area contributed by atoms with Crippen LogP contribution in [0.15, 0.2) is 30.3 Å². The number of nitrogens with one attached hydrogen (secondary N) is 2. The highest BCUT2D eigenvalue weighted by Gasteiger charge is 2.30. The SMILES string of the molecule is CC(C)(CNC(=O)NCc1ccccc1)S(C)(=O)=O. The summed E-state index contributed by atoms with van der Waals surface area (Å²) < 4.78 is 22.0. The van der Waals surface area contributed by atoms with Crippen LogP contribution in [0.4, 0.5) is 4.79 Å². The van der Waals surface area contributed by atoms with Crippen LogP contribution in [0.3, 0.4) is 0 Å².